The first-order valence-corrected chi connectivity index (χ1v) is 6.75. The summed E-state index contributed by atoms with van der Waals surface area (Å²) in [6.45, 7) is 0. The van der Waals surface area contributed by atoms with E-state index < -0.39 is 0 Å². The Morgan fingerprint density at radius 1 is 0.800 bits per heavy atom. The smallest absolute Gasteiger partial charge is 0.00962 e. The Balaban J connectivity index is 1.81. The third-order valence-corrected chi connectivity index (χ3v) is 4.47. The Hall–Kier alpha value is -0.0800. The molecule has 2 nitrogen and oxygen atoms in total. The van der Waals surface area contributed by atoms with E-state index in [4.69, 9.17) is 5.73 Å². The van der Waals surface area contributed by atoms with Crippen molar-refractivity contribution in [2.24, 2.45) is 5.73 Å². The molecule has 0 heterocycles. The summed E-state index contributed by atoms with van der Waals surface area (Å²) < 4.78 is 0. The normalized spacial score (nSPS) is 34.6. The number of hydrogen-bond acceptors (Lipinski definition) is 2. The first-order valence-electron chi connectivity index (χ1n) is 6.75. The highest BCUT2D eigenvalue weighted by atomic mass is 15.2. The van der Waals surface area contributed by atoms with Gasteiger partial charge in [0.15, 0.2) is 0 Å². The number of rotatable bonds is 2. The van der Waals surface area contributed by atoms with E-state index in [-0.39, 0.29) is 0 Å². The Bertz CT molecular complexity index is 179. The Kier molecular flexibility index (Phi) is 4.04. The number of nitrogens with zero attached hydrogens (tertiary/aromatic N) is 1. The molecule has 2 fully saturated rings. The minimum absolute atomic E-state index is 0.487. The maximum Gasteiger partial charge on any atom is 0.00962 e. The van der Waals surface area contributed by atoms with Crippen molar-refractivity contribution in [1.82, 2.24) is 4.90 Å². The Morgan fingerprint density at radius 2 is 1.33 bits per heavy atom. The summed E-state index contributed by atoms with van der Waals surface area (Å²) in [6.07, 6.45) is 12.3. The molecular weight excluding hydrogens is 184 g/mol. The number of hydrogen-bond donors (Lipinski definition) is 1. The van der Waals surface area contributed by atoms with Gasteiger partial charge in [-0.05, 0) is 45.6 Å². The first-order chi connectivity index (χ1) is 7.27. The molecule has 2 aliphatic rings. The molecular formula is C13H26N2. The first kappa shape index (κ1) is 11.4. The third kappa shape index (κ3) is 2.94. The van der Waals surface area contributed by atoms with Crippen LogP contribution in [0.15, 0.2) is 0 Å². The molecule has 0 aliphatic heterocycles. The Morgan fingerprint density at radius 3 is 1.93 bits per heavy atom. The lowest BCUT2D eigenvalue weighted by atomic mass is 9.87. The zero-order valence-electron chi connectivity index (χ0n) is 10.1. The minimum atomic E-state index is 0.487. The molecule has 88 valence electrons. The SMILES string of the molecule is CN(C1CCCCC1)C1CCC(N)CC1. The summed E-state index contributed by atoms with van der Waals surface area (Å²) in [4.78, 5) is 2.67. The van der Waals surface area contributed by atoms with Crippen LogP contribution in [0.4, 0.5) is 0 Å². The molecule has 2 N–H and O–H groups in total. The molecule has 0 saturated heterocycles. The number of nitrogens with two attached hydrogens (primary N) is 1. The molecule has 0 aromatic heterocycles. The molecule has 2 saturated carbocycles. The van der Waals surface area contributed by atoms with Gasteiger partial charge in [-0.1, -0.05) is 19.3 Å². The molecule has 2 rings (SSSR count). The van der Waals surface area contributed by atoms with Gasteiger partial charge in [-0.2, -0.15) is 0 Å². The molecule has 0 aromatic carbocycles. The molecule has 0 amide bonds. The fraction of sp³-hybridized carbons (Fsp3) is 1.00. The molecule has 15 heavy (non-hydrogen) atoms. The quantitative estimate of drug-likeness (QED) is 0.759. The van der Waals surface area contributed by atoms with Gasteiger partial charge in [-0.3, -0.25) is 0 Å². The van der Waals surface area contributed by atoms with Gasteiger partial charge < -0.3 is 10.6 Å². The lowest BCUT2D eigenvalue weighted by Crippen LogP contribution is -2.44. The predicted molar refractivity (Wildman–Crippen MR) is 64.9 cm³/mol. The molecule has 0 aromatic rings. The molecule has 2 aliphatic carbocycles. The van der Waals surface area contributed by atoms with E-state index in [1.807, 2.05) is 0 Å². The van der Waals surface area contributed by atoms with Gasteiger partial charge >= 0.3 is 0 Å². The van der Waals surface area contributed by atoms with Gasteiger partial charge in [0, 0.05) is 18.1 Å². The van der Waals surface area contributed by atoms with Gasteiger partial charge in [0.05, 0.1) is 0 Å². The summed E-state index contributed by atoms with van der Waals surface area (Å²) in [5.41, 5.74) is 5.96. The summed E-state index contributed by atoms with van der Waals surface area (Å²) in [6, 6.07) is 2.19. The van der Waals surface area contributed by atoms with Crippen molar-refractivity contribution < 1.29 is 0 Å². The van der Waals surface area contributed by atoms with Gasteiger partial charge in [0.25, 0.3) is 0 Å². The molecule has 0 unspecified atom stereocenters. The van der Waals surface area contributed by atoms with Crippen LogP contribution in [0.25, 0.3) is 0 Å². The zero-order chi connectivity index (χ0) is 10.7. The average molecular weight is 210 g/mol. The maximum atomic E-state index is 5.96. The van der Waals surface area contributed by atoms with Gasteiger partial charge in [0.2, 0.25) is 0 Å². The van der Waals surface area contributed by atoms with Crippen molar-refractivity contribution in [3.05, 3.63) is 0 Å². The van der Waals surface area contributed by atoms with Crippen molar-refractivity contribution in [2.75, 3.05) is 7.05 Å². The highest BCUT2D eigenvalue weighted by Crippen LogP contribution is 2.28. The van der Waals surface area contributed by atoms with Crippen LogP contribution in [-0.2, 0) is 0 Å². The highest BCUT2D eigenvalue weighted by Gasteiger charge is 2.27. The van der Waals surface area contributed by atoms with Crippen LogP contribution in [0.3, 0.4) is 0 Å². The van der Waals surface area contributed by atoms with Gasteiger partial charge in [0.1, 0.15) is 0 Å². The third-order valence-electron chi connectivity index (χ3n) is 4.47. The maximum absolute atomic E-state index is 5.96. The van der Waals surface area contributed by atoms with Crippen LogP contribution in [0.2, 0.25) is 0 Å². The van der Waals surface area contributed by atoms with E-state index in [2.05, 4.69) is 11.9 Å². The molecule has 0 radical (unpaired) electrons. The van der Waals surface area contributed by atoms with Crippen molar-refractivity contribution >= 4 is 0 Å². The van der Waals surface area contributed by atoms with Crippen LogP contribution in [0.5, 0.6) is 0 Å². The van der Waals surface area contributed by atoms with Crippen LogP contribution >= 0.6 is 0 Å². The summed E-state index contributed by atoms with van der Waals surface area (Å²) in [5.74, 6) is 0. The zero-order valence-corrected chi connectivity index (χ0v) is 10.1. The molecule has 0 spiro atoms. The van der Waals surface area contributed by atoms with Crippen LogP contribution in [-0.4, -0.2) is 30.1 Å². The van der Waals surface area contributed by atoms with E-state index in [1.165, 1.54) is 57.8 Å². The van der Waals surface area contributed by atoms with E-state index in [0.717, 1.165) is 12.1 Å². The van der Waals surface area contributed by atoms with E-state index in [9.17, 15) is 0 Å². The van der Waals surface area contributed by atoms with Crippen LogP contribution in [0, 0.1) is 0 Å². The summed E-state index contributed by atoms with van der Waals surface area (Å²) >= 11 is 0. The van der Waals surface area contributed by atoms with Crippen molar-refractivity contribution in [2.45, 2.75) is 75.9 Å². The predicted octanol–water partition coefficient (Wildman–Crippen LogP) is 2.52. The van der Waals surface area contributed by atoms with Gasteiger partial charge in [-0.25, -0.2) is 0 Å². The van der Waals surface area contributed by atoms with E-state index in [0.29, 0.717) is 6.04 Å². The van der Waals surface area contributed by atoms with Crippen LogP contribution < -0.4 is 5.73 Å². The van der Waals surface area contributed by atoms with Crippen molar-refractivity contribution in [3.8, 4) is 0 Å². The second-order valence-corrected chi connectivity index (χ2v) is 5.53. The van der Waals surface area contributed by atoms with Crippen molar-refractivity contribution in [3.63, 3.8) is 0 Å². The molecule has 0 bridgehead atoms. The lowest BCUT2D eigenvalue weighted by Gasteiger charge is -2.40. The fourth-order valence-electron chi connectivity index (χ4n) is 3.30. The van der Waals surface area contributed by atoms with Crippen molar-refractivity contribution in [1.29, 1.82) is 0 Å². The molecule has 0 atom stereocenters. The Labute approximate surface area is 94.2 Å². The monoisotopic (exact) mass is 210 g/mol. The lowest BCUT2D eigenvalue weighted by molar-refractivity contribution is 0.107. The van der Waals surface area contributed by atoms with E-state index >= 15 is 0 Å². The fourth-order valence-corrected chi connectivity index (χ4v) is 3.30. The average Bonchev–Trinajstić information content (AvgIpc) is 2.30. The topological polar surface area (TPSA) is 29.3 Å². The second kappa shape index (κ2) is 5.31. The largest absolute Gasteiger partial charge is 0.328 e. The van der Waals surface area contributed by atoms with Crippen LogP contribution in [0.1, 0.15) is 57.8 Å². The highest BCUT2D eigenvalue weighted by molar-refractivity contribution is 4.84. The molecule has 2 heteroatoms. The van der Waals surface area contributed by atoms with Gasteiger partial charge in [-0.15, -0.1) is 0 Å². The summed E-state index contributed by atoms with van der Waals surface area (Å²) in [7, 11) is 2.34. The van der Waals surface area contributed by atoms with E-state index in [1.54, 1.807) is 0 Å². The summed E-state index contributed by atoms with van der Waals surface area (Å²) in [5, 5.41) is 0. The second-order valence-electron chi connectivity index (χ2n) is 5.53. The standard InChI is InChI=1S/C13H26N2/c1-15(12-5-3-2-4-6-12)13-9-7-11(14)8-10-13/h11-13H,2-10,14H2,1H3. The minimum Gasteiger partial charge on any atom is -0.328 e.